The molecule has 1 saturated heterocycles. The van der Waals surface area contributed by atoms with Crippen LogP contribution >= 0.6 is 24.0 Å². The number of alkyl halides is 3. The minimum Gasteiger partial charge on any atom is -0.443 e. The number of aromatic nitrogens is 1. The van der Waals surface area contributed by atoms with E-state index in [9.17, 15) is 13.2 Å². The lowest BCUT2D eigenvalue weighted by atomic mass is 9.94. The number of hydrogen-bond acceptors (Lipinski definition) is 4. The van der Waals surface area contributed by atoms with Crippen molar-refractivity contribution >= 4 is 29.9 Å². The van der Waals surface area contributed by atoms with Gasteiger partial charge in [-0.15, -0.1) is 24.0 Å². The van der Waals surface area contributed by atoms with Gasteiger partial charge >= 0.3 is 6.18 Å². The van der Waals surface area contributed by atoms with Crippen LogP contribution in [0, 0.1) is 0 Å². The van der Waals surface area contributed by atoms with E-state index in [2.05, 4.69) is 15.3 Å². The molecule has 0 radical (unpaired) electrons. The van der Waals surface area contributed by atoms with Crippen LogP contribution in [0.2, 0.25) is 0 Å². The Morgan fingerprint density at radius 2 is 1.86 bits per heavy atom. The quantitative estimate of drug-likeness (QED) is 0.376. The molecule has 2 heterocycles. The Bertz CT molecular complexity index is 634. The highest BCUT2D eigenvalue weighted by Crippen LogP contribution is 2.25. The summed E-state index contributed by atoms with van der Waals surface area (Å²) in [4.78, 5) is 12.3. The van der Waals surface area contributed by atoms with Gasteiger partial charge in [0.05, 0.1) is 6.20 Å². The fraction of sp³-hybridized carbons (Fsp3) is 0.778. The first-order valence-electron chi connectivity index (χ1n) is 9.31. The topological polar surface area (TPSA) is 56.9 Å². The monoisotopic (exact) mass is 517 g/mol. The number of nitrogens with one attached hydrogen (secondary N) is 1. The van der Waals surface area contributed by atoms with Crippen molar-refractivity contribution in [2.75, 3.05) is 32.7 Å². The number of nitrogens with zero attached hydrogens (tertiary/aromatic N) is 4. The summed E-state index contributed by atoms with van der Waals surface area (Å²) in [6.07, 6.45) is -2.48. The van der Waals surface area contributed by atoms with Crippen LogP contribution in [0.15, 0.2) is 15.6 Å². The predicted octanol–water partition coefficient (Wildman–Crippen LogP) is 3.62. The van der Waals surface area contributed by atoms with Gasteiger partial charge in [-0.05, 0) is 13.8 Å². The maximum absolute atomic E-state index is 12.9. The van der Waals surface area contributed by atoms with Gasteiger partial charge in [0.2, 0.25) is 5.89 Å². The first-order chi connectivity index (χ1) is 12.5. The molecule has 0 spiro atoms. The maximum Gasteiger partial charge on any atom is 0.403 e. The first kappa shape index (κ1) is 25.0. The Hall–Kier alpha value is -1.04. The number of halogens is 4. The highest BCUT2D eigenvalue weighted by atomic mass is 127. The zero-order chi connectivity index (χ0) is 20.2. The van der Waals surface area contributed by atoms with Gasteiger partial charge in [-0.2, -0.15) is 13.2 Å². The van der Waals surface area contributed by atoms with Crippen LogP contribution in [0.3, 0.4) is 0 Å². The van der Waals surface area contributed by atoms with Crippen LogP contribution in [-0.2, 0) is 12.0 Å². The van der Waals surface area contributed by atoms with E-state index in [4.69, 9.17) is 4.42 Å². The van der Waals surface area contributed by atoms with Gasteiger partial charge in [0.1, 0.15) is 18.3 Å². The normalized spacial score (nSPS) is 18.0. The molecule has 0 aromatic carbocycles. The van der Waals surface area contributed by atoms with E-state index in [1.165, 1.54) is 11.8 Å². The molecule has 10 heteroatoms. The summed E-state index contributed by atoms with van der Waals surface area (Å²) in [6, 6.07) is -1.43. The van der Waals surface area contributed by atoms with Crippen molar-refractivity contribution in [3.8, 4) is 0 Å². The molecule has 1 fully saturated rings. The summed E-state index contributed by atoms with van der Waals surface area (Å²) in [7, 11) is 0. The number of oxazole rings is 1. The number of guanidine groups is 1. The van der Waals surface area contributed by atoms with E-state index in [-0.39, 0.29) is 35.9 Å². The van der Waals surface area contributed by atoms with Gasteiger partial charge in [0.15, 0.2) is 5.96 Å². The summed E-state index contributed by atoms with van der Waals surface area (Å²) in [5, 5.41) is 3.20. The van der Waals surface area contributed by atoms with Gasteiger partial charge in [0.25, 0.3) is 0 Å². The fourth-order valence-corrected chi connectivity index (χ4v) is 2.83. The highest BCUT2D eigenvalue weighted by molar-refractivity contribution is 14.0. The van der Waals surface area contributed by atoms with Gasteiger partial charge in [-0.1, -0.05) is 20.8 Å². The number of hydrogen-bond donors (Lipinski definition) is 1. The van der Waals surface area contributed by atoms with Gasteiger partial charge < -0.3 is 14.6 Å². The van der Waals surface area contributed by atoms with E-state index < -0.39 is 12.2 Å². The third kappa shape index (κ3) is 6.78. The highest BCUT2D eigenvalue weighted by Gasteiger charge is 2.41. The molecule has 1 aromatic rings. The van der Waals surface area contributed by atoms with Gasteiger partial charge in [-0.25, -0.2) is 9.98 Å². The fourth-order valence-electron chi connectivity index (χ4n) is 2.83. The van der Waals surface area contributed by atoms with Crippen LogP contribution in [0.1, 0.15) is 46.3 Å². The molecule has 28 heavy (non-hydrogen) atoms. The summed E-state index contributed by atoms with van der Waals surface area (Å²) in [5.74, 6) is 2.00. The Balaban J connectivity index is 0.00000392. The maximum atomic E-state index is 12.9. The van der Waals surface area contributed by atoms with Crippen LogP contribution in [0.25, 0.3) is 0 Å². The molecule has 1 atom stereocenters. The van der Waals surface area contributed by atoms with Crippen molar-refractivity contribution in [2.24, 2.45) is 4.99 Å². The average Bonchev–Trinajstić information content (AvgIpc) is 3.07. The summed E-state index contributed by atoms with van der Waals surface area (Å²) in [5.41, 5.74) is -0.120. The van der Waals surface area contributed by atoms with Crippen LogP contribution in [-0.4, -0.2) is 65.7 Å². The van der Waals surface area contributed by atoms with Crippen molar-refractivity contribution in [3.63, 3.8) is 0 Å². The zero-order valence-electron chi connectivity index (χ0n) is 17.1. The lowest BCUT2D eigenvalue weighted by Crippen LogP contribution is -2.56. The Morgan fingerprint density at radius 1 is 1.25 bits per heavy atom. The van der Waals surface area contributed by atoms with E-state index in [0.29, 0.717) is 44.6 Å². The molecule has 1 unspecified atom stereocenters. The molecule has 1 N–H and O–H groups in total. The summed E-state index contributed by atoms with van der Waals surface area (Å²) in [6.45, 7) is 12.0. The van der Waals surface area contributed by atoms with Gasteiger partial charge in [0, 0.05) is 38.1 Å². The van der Waals surface area contributed by atoms with E-state index in [1.807, 2.05) is 32.6 Å². The summed E-state index contributed by atoms with van der Waals surface area (Å²) >= 11 is 0. The second-order valence-electron chi connectivity index (χ2n) is 7.78. The minimum atomic E-state index is -4.20. The molecule has 162 valence electrons. The molecule has 2 rings (SSSR count). The smallest absolute Gasteiger partial charge is 0.403 e. The van der Waals surface area contributed by atoms with Crippen molar-refractivity contribution in [1.82, 2.24) is 20.1 Å². The van der Waals surface area contributed by atoms with Crippen LogP contribution < -0.4 is 5.32 Å². The second kappa shape index (κ2) is 10.1. The molecule has 0 aliphatic carbocycles. The lowest BCUT2D eigenvalue weighted by Gasteiger charge is -2.39. The molecule has 6 nitrogen and oxygen atoms in total. The summed E-state index contributed by atoms with van der Waals surface area (Å²) < 4.78 is 44.4. The Labute approximate surface area is 182 Å². The first-order valence-corrected chi connectivity index (χ1v) is 9.31. The molecule has 0 saturated carbocycles. The van der Waals surface area contributed by atoms with Crippen molar-refractivity contribution < 1.29 is 17.6 Å². The Kier molecular flexibility index (Phi) is 9.04. The van der Waals surface area contributed by atoms with Crippen LogP contribution in [0.5, 0.6) is 0 Å². The molecular weight excluding hydrogens is 486 g/mol. The third-order valence-corrected chi connectivity index (χ3v) is 4.63. The SMILES string of the molecule is CCNC(=NCc1ncc(C(C)(C)C)o1)N1CCN(C(C)C(F)(F)F)CC1.I. The predicted molar refractivity (Wildman–Crippen MR) is 114 cm³/mol. The zero-order valence-corrected chi connectivity index (χ0v) is 19.5. The number of rotatable bonds is 4. The average molecular weight is 517 g/mol. The van der Waals surface area contributed by atoms with Crippen molar-refractivity contribution in [3.05, 3.63) is 17.8 Å². The number of piperazine rings is 1. The largest absolute Gasteiger partial charge is 0.443 e. The Morgan fingerprint density at radius 3 is 2.32 bits per heavy atom. The second-order valence-corrected chi connectivity index (χ2v) is 7.78. The van der Waals surface area contributed by atoms with Crippen LogP contribution in [0.4, 0.5) is 13.2 Å². The molecular formula is C18H31F3IN5O. The van der Waals surface area contributed by atoms with E-state index in [0.717, 1.165) is 5.76 Å². The molecule has 1 aromatic heterocycles. The number of aliphatic imine (C=N–C) groups is 1. The lowest BCUT2D eigenvalue weighted by molar-refractivity contribution is -0.181. The van der Waals surface area contributed by atoms with Crippen molar-refractivity contribution in [1.29, 1.82) is 0 Å². The molecule has 1 aliphatic heterocycles. The molecule has 0 amide bonds. The third-order valence-electron chi connectivity index (χ3n) is 4.63. The van der Waals surface area contributed by atoms with Crippen molar-refractivity contribution in [2.45, 2.75) is 58.8 Å². The standard InChI is InChI=1S/C18H30F3N5O.HI/c1-6-22-16(24-12-15-23-11-14(27-15)17(3,4)5)26-9-7-25(8-10-26)13(2)18(19,20)21;/h11,13H,6-10,12H2,1-5H3,(H,22,24);1H. The van der Waals surface area contributed by atoms with Gasteiger partial charge in [-0.3, -0.25) is 4.90 Å². The minimum absolute atomic E-state index is 0. The van der Waals surface area contributed by atoms with E-state index >= 15 is 0 Å². The molecule has 1 aliphatic rings. The molecule has 0 bridgehead atoms. The van der Waals surface area contributed by atoms with E-state index in [1.54, 1.807) is 6.20 Å².